The van der Waals surface area contributed by atoms with Crippen LogP contribution in [-0.2, 0) is 13.1 Å². The third kappa shape index (κ3) is 4.19. The summed E-state index contributed by atoms with van der Waals surface area (Å²) in [6.07, 6.45) is 4.19. The minimum absolute atomic E-state index is 0.0711. The first-order chi connectivity index (χ1) is 16.0. The van der Waals surface area contributed by atoms with Crippen LogP contribution in [0.3, 0.4) is 0 Å². The van der Waals surface area contributed by atoms with Crippen molar-refractivity contribution in [2.45, 2.75) is 31.8 Å². The van der Waals surface area contributed by atoms with Crippen molar-refractivity contribution in [3.05, 3.63) is 94.7 Å². The van der Waals surface area contributed by atoms with Gasteiger partial charge in [0.05, 0.1) is 22.2 Å². The van der Waals surface area contributed by atoms with E-state index < -0.39 is 0 Å². The minimum Gasteiger partial charge on any atom is -0.337 e. The molecule has 0 amide bonds. The summed E-state index contributed by atoms with van der Waals surface area (Å²) in [4.78, 5) is 16.7. The maximum absolute atomic E-state index is 13.4. The van der Waals surface area contributed by atoms with E-state index in [2.05, 4.69) is 52.2 Å². The van der Waals surface area contributed by atoms with Gasteiger partial charge in [0.15, 0.2) is 12.7 Å². The van der Waals surface area contributed by atoms with Crippen LogP contribution in [0.2, 0.25) is 5.02 Å². The lowest BCUT2D eigenvalue weighted by atomic mass is 10.2. The van der Waals surface area contributed by atoms with Gasteiger partial charge in [-0.25, -0.2) is 0 Å². The van der Waals surface area contributed by atoms with Crippen molar-refractivity contribution in [3.63, 3.8) is 0 Å². The maximum Gasteiger partial charge on any atom is 0.271 e. The van der Waals surface area contributed by atoms with Crippen molar-refractivity contribution in [2.75, 3.05) is 11.9 Å². The highest BCUT2D eigenvalue weighted by Crippen LogP contribution is 2.45. The van der Waals surface area contributed by atoms with E-state index in [0.29, 0.717) is 13.1 Å². The van der Waals surface area contributed by atoms with Gasteiger partial charge >= 0.3 is 0 Å². The summed E-state index contributed by atoms with van der Waals surface area (Å²) in [5.41, 5.74) is 3.52. The summed E-state index contributed by atoms with van der Waals surface area (Å²) in [6, 6.07) is 14.4. The van der Waals surface area contributed by atoms with Gasteiger partial charge in [-0.3, -0.25) is 9.36 Å². The molecule has 168 valence electrons. The normalized spacial score (nSPS) is 15.4. The Morgan fingerprint density at radius 1 is 1.18 bits per heavy atom. The number of hydrogen-bond donors (Lipinski definition) is 0. The Labute approximate surface area is 209 Å². The van der Waals surface area contributed by atoms with E-state index in [1.54, 1.807) is 34.4 Å². The highest BCUT2D eigenvalue weighted by atomic mass is 35.5. The quantitative estimate of drug-likeness (QED) is 0.379. The number of aryl methyl sites for hydroxylation is 1. The Hall–Kier alpha value is -2.32. The van der Waals surface area contributed by atoms with Crippen LogP contribution in [0.4, 0.5) is 5.69 Å². The summed E-state index contributed by atoms with van der Waals surface area (Å²) in [5.74, 6) is 0. The fourth-order valence-corrected chi connectivity index (χ4v) is 7.39. The summed E-state index contributed by atoms with van der Waals surface area (Å²) in [7, 11) is 2.04. The molecule has 0 unspecified atom stereocenters. The van der Waals surface area contributed by atoms with Crippen LogP contribution in [0.5, 0.6) is 0 Å². The molecule has 0 radical (unpaired) electrons. The van der Waals surface area contributed by atoms with E-state index in [4.69, 9.17) is 11.6 Å². The van der Waals surface area contributed by atoms with Crippen molar-refractivity contribution in [3.8, 4) is 0 Å². The zero-order valence-electron chi connectivity index (χ0n) is 18.5. The standard InChI is InChI=1S/C25H23ClN3OS3/c1-4-29-22(14-21-28(11-12-31-21)15-17-7-5-6-8-18(17)26)33-23(24(29)30)25-27(3)19-13-16(2)9-10-20(19)32-25/h5-14H,4,15H2,1-3H3/q+1/b25-23+. The van der Waals surface area contributed by atoms with Gasteiger partial charge < -0.3 is 4.90 Å². The van der Waals surface area contributed by atoms with Gasteiger partial charge in [-0.05, 0) is 37.6 Å². The smallest absolute Gasteiger partial charge is 0.271 e. The SMILES string of the molecule is CCn1c(=O)/c(=C2\Sc3ccc(C)cc3N2C)s/c1=C\c1scc[n+]1Cc1ccccc1Cl. The molecule has 0 aliphatic carbocycles. The predicted octanol–water partition coefficient (Wildman–Crippen LogP) is 4.43. The van der Waals surface area contributed by atoms with Crippen LogP contribution in [0.15, 0.2) is 63.7 Å². The summed E-state index contributed by atoms with van der Waals surface area (Å²) >= 11 is 11.3. The number of fused-ring (bicyclic) bond motifs is 1. The predicted molar refractivity (Wildman–Crippen MR) is 141 cm³/mol. The molecule has 0 saturated heterocycles. The van der Waals surface area contributed by atoms with E-state index in [9.17, 15) is 4.79 Å². The molecule has 33 heavy (non-hydrogen) atoms. The lowest BCUT2D eigenvalue weighted by Gasteiger charge is -2.12. The van der Waals surface area contributed by atoms with Crippen molar-refractivity contribution in [1.82, 2.24) is 4.57 Å². The van der Waals surface area contributed by atoms with Crippen molar-refractivity contribution in [1.29, 1.82) is 0 Å². The molecule has 4 nitrogen and oxygen atoms in total. The maximum atomic E-state index is 13.4. The highest BCUT2D eigenvalue weighted by molar-refractivity contribution is 8.08. The molecule has 2 aromatic heterocycles. The number of halogens is 1. The van der Waals surface area contributed by atoms with Crippen molar-refractivity contribution >= 4 is 62.8 Å². The number of benzene rings is 2. The zero-order chi connectivity index (χ0) is 23.1. The summed E-state index contributed by atoms with van der Waals surface area (Å²) in [5, 5.41) is 4.92. The highest BCUT2D eigenvalue weighted by Gasteiger charge is 2.25. The van der Waals surface area contributed by atoms with Crippen LogP contribution in [0.25, 0.3) is 11.1 Å². The number of hydrogen-bond acceptors (Lipinski definition) is 5. The summed E-state index contributed by atoms with van der Waals surface area (Å²) in [6.45, 7) is 5.44. The number of anilines is 1. The van der Waals surface area contributed by atoms with E-state index in [1.165, 1.54) is 10.5 Å². The van der Waals surface area contributed by atoms with Gasteiger partial charge in [-0.2, -0.15) is 4.57 Å². The molecule has 3 heterocycles. The molecule has 0 saturated carbocycles. The second-order valence-electron chi connectivity index (χ2n) is 7.86. The largest absolute Gasteiger partial charge is 0.337 e. The Morgan fingerprint density at radius 2 is 2.00 bits per heavy atom. The fourth-order valence-electron chi connectivity index (χ4n) is 3.90. The average Bonchev–Trinajstić information content (AvgIpc) is 3.46. The first-order valence-electron chi connectivity index (χ1n) is 10.6. The minimum atomic E-state index is 0.0711. The molecular weight excluding hydrogens is 490 g/mol. The third-order valence-corrected chi connectivity index (χ3v) is 9.37. The molecule has 0 atom stereocenters. The molecule has 5 rings (SSSR count). The molecule has 0 bridgehead atoms. The van der Waals surface area contributed by atoms with Gasteiger partial charge in [-0.15, -0.1) is 11.3 Å². The fraction of sp³-hybridized carbons (Fsp3) is 0.200. The third-order valence-electron chi connectivity index (χ3n) is 5.67. The zero-order valence-corrected chi connectivity index (χ0v) is 21.7. The number of thiazole rings is 2. The Kier molecular flexibility index (Phi) is 6.22. The molecule has 0 spiro atoms. The van der Waals surface area contributed by atoms with E-state index >= 15 is 0 Å². The molecule has 0 fully saturated rings. The second-order valence-corrected chi connectivity index (χ2v) is 11.3. The second kappa shape index (κ2) is 9.14. The number of rotatable bonds is 4. The first kappa shape index (κ1) is 22.5. The Morgan fingerprint density at radius 3 is 2.79 bits per heavy atom. The van der Waals surface area contributed by atoms with Gasteiger partial charge in [0.1, 0.15) is 14.2 Å². The molecule has 1 aliphatic rings. The van der Waals surface area contributed by atoms with Crippen molar-refractivity contribution in [2.24, 2.45) is 0 Å². The lowest BCUT2D eigenvalue weighted by molar-refractivity contribution is -0.685. The van der Waals surface area contributed by atoms with Crippen LogP contribution >= 0.6 is 46.0 Å². The van der Waals surface area contributed by atoms with Gasteiger partial charge in [0, 0.05) is 24.1 Å². The average molecular weight is 513 g/mol. The monoisotopic (exact) mass is 512 g/mol. The Bertz CT molecular complexity index is 1530. The van der Waals surface area contributed by atoms with Crippen LogP contribution in [0.1, 0.15) is 23.1 Å². The van der Waals surface area contributed by atoms with Gasteiger partial charge in [-0.1, -0.05) is 59.0 Å². The van der Waals surface area contributed by atoms with E-state index in [0.717, 1.165) is 35.5 Å². The Balaban J connectivity index is 1.61. The van der Waals surface area contributed by atoms with E-state index in [-0.39, 0.29) is 5.56 Å². The molecular formula is C25H23ClN3OS3+. The topological polar surface area (TPSA) is 29.1 Å². The first-order valence-corrected chi connectivity index (χ1v) is 13.5. The van der Waals surface area contributed by atoms with Crippen LogP contribution in [-0.4, -0.2) is 11.6 Å². The van der Waals surface area contributed by atoms with Crippen LogP contribution in [0, 0.1) is 6.92 Å². The molecule has 1 aliphatic heterocycles. The van der Waals surface area contributed by atoms with Gasteiger partial charge in [0.25, 0.3) is 10.6 Å². The number of nitrogens with zero attached hydrogens (tertiary/aromatic N) is 3. The number of aromatic nitrogens is 2. The van der Waals surface area contributed by atoms with E-state index in [1.807, 2.05) is 42.8 Å². The molecule has 2 aromatic carbocycles. The number of thioether (sulfide) groups is 1. The molecule has 4 aromatic rings. The molecule has 8 heteroatoms. The van der Waals surface area contributed by atoms with Gasteiger partial charge in [0.2, 0.25) is 0 Å². The van der Waals surface area contributed by atoms with Crippen molar-refractivity contribution < 1.29 is 4.57 Å². The summed E-state index contributed by atoms with van der Waals surface area (Å²) < 4.78 is 5.80. The van der Waals surface area contributed by atoms with Crippen LogP contribution < -0.4 is 24.2 Å². The lowest BCUT2D eigenvalue weighted by Crippen LogP contribution is -2.36. The molecule has 0 N–H and O–H groups in total.